The van der Waals surface area contributed by atoms with Crippen molar-refractivity contribution < 1.29 is 14.3 Å². The van der Waals surface area contributed by atoms with Gasteiger partial charge in [0.2, 0.25) is 17.7 Å². The summed E-state index contributed by atoms with van der Waals surface area (Å²) < 4.78 is 5.61. The molecule has 1 aliphatic carbocycles. The Morgan fingerprint density at radius 1 is 1.39 bits per heavy atom. The van der Waals surface area contributed by atoms with E-state index >= 15 is 0 Å². The van der Waals surface area contributed by atoms with E-state index in [2.05, 4.69) is 22.5 Å². The van der Waals surface area contributed by atoms with Gasteiger partial charge >= 0.3 is 0 Å². The van der Waals surface area contributed by atoms with Gasteiger partial charge < -0.3 is 15.4 Å². The Bertz CT molecular complexity index is 560. The predicted molar refractivity (Wildman–Crippen MR) is 86.7 cm³/mol. The number of pyridine rings is 1. The van der Waals surface area contributed by atoms with Crippen LogP contribution in [0.15, 0.2) is 18.3 Å². The van der Waals surface area contributed by atoms with Crippen molar-refractivity contribution in [2.24, 2.45) is 11.8 Å². The fraction of sp³-hybridized carbons (Fsp3) is 0.588. The molecule has 2 atom stereocenters. The maximum absolute atomic E-state index is 11.9. The van der Waals surface area contributed by atoms with Crippen molar-refractivity contribution in [1.82, 2.24) is 15.6 Å². The molecule has 23 heavy (non-hydrogen) atoms. The summed E-state index contributed by atoms with van der Waals surface area (Å²) in [5.41, 5.74) is 0.838. The number of nitrogens with one attached hydrogen (secondary N) is 2. The van der Waals surface area contributed by atoms with Crippen molar-refractivity contribution >= 4 is 11.8 Å². The molecule has 1 aromatic heterocycles. The smallest absolute Gasteiger partial charge is 0.223 e. The van der Waals surface area contributed by atoms with Gasteiger partial charge in [0.05, 0.1) is 6.10 Å². The topological polar surface area (TPSA) is 80.3 Å². The molecule has 6 nitrogen and oxygen atoms in total. The van der Waals surface area contributed by atoms with E-state index in [9.17, 15) is 9.59 Å². The summed E-state index contributed by atoms with van der Waals surface area (Å²) in [4.78, 5) is 27.7. The predicted octanol–water partition coefficient (Wildman–Crippen LogP) is 1.65. The Labute approximate surface area is 137 Å². The molecule has 0 aliphatic heterocycles. The summed E-state index contributed by atoms with van der Waals surface area (Å²) in [5, 5.41) is 5.63. The van der Waals surface area contributed by atoms with E-state index in [-0.39, 0.29) is 30.3 Å². The molecule has 0 aromatic carbocycles. The molecule has 1 heterocycles. The number of aromatic nitrogens is 1. The maximum Gasteiger partial charge on any atom is 0.223 e. The second kappa shape index (κ2) is 7.94. The minimum Gasteiger partial charge on any atom is -0.475 e. The van der Waals surface area contributed by atoms with Gasteiger partial charge in [-0.1, -0.05) is 13.0 Å². The summed E-state index contributed by atoms with van der Waals surface area (Å²) >= 11 is 0. The lowest BCUT2D eigenvalue weighted by Gasteiger charge is -2.13. The van der Waals surface area contributed by atoms with Crippen molar-refractivity contribution in [3.05, 3.63) is 23.9 Å². The fourth-order valence-corrected chi connectivity index (χ4v) is 2.29. The average molecular weight is 319 g/mol. The van der Waals surface area contributed by atoms with Crippen LogP contribution in [0.4, 0.5) is 0 Å². The molecular weight excluding hydrogens is 294 g/mol. The molecule has 1 fully saturated rings. The lowest BCUT2D eigenvalue weighted by Crippen LogP contribution is -2.31. The normalized spacial score (nSPS) is 19.3. The molecular formula is C17H25N3O3. The van der Waals surface area contributed by atoms with Gasteiger partial charge in [-0.2, -0.15) is 0 Å². The number of amides is 2. The quantitative estimate of drug-likeness (QED) is 0.763. The molecule has 1 saturated carbocycles. The fourth-order valence-electron chi connectivity index (χ4n) is 2.29. The van der Waals surface area contributed by atoms with E-state index in [1.54, 1.807) is 6.20 Å². The van der Waals surface area contributed by atoms with E-state index in [1.807, 2.05) is 26.0 Å². The van der Waals surface area contributed by atoms with Crippen LogP contribution in [-0.2, 0) is 16.1 Å². The van der Waals surface area contributed by atoms with Crippen molar-refractivity contribution in [2.45, 2.75) is 46.3 Å². The van der Waals surface area contributed by atoms with Gasteiger partial charge in [-0.05, 0) is 32.3 Å². The molecule has 126 valence electrons. The van der Waals surface area contributed by atoms with Crippen molar-refractivity contribution in [3.8, 4) is 5.88 Å². The number of rotatable bonds is 8. The molecule has 0 bridgehead atoms. The number of hydrogen-bond donors (Lipinski definition) is 2. The highest BCUT2D eigenvalue weighted by Crippen LogP contribution is 2.37. The summed E-state index contributed by atoms with van der Waals surface area (Å²) in [6.07, 6.45) is 2.92. The van der Waals surface area contributed by atoms with E-state index in [0.29, 0.717) is 24.9 Å². The molecule has 0 radical (unpaired) electrons. The zero-order chi connectivity index (χ0) is 16.8. The summed E-state index contributed by atoms with van der Waals surface area (Å²) in [5.74, 6) is 1.12. The van der Waals surface area contributed by atoms with Gasteiger partial charge in [-0.3, -0.25) is 9.59 Å². The third-order valence-corrected chi connectivity index (χ3v) is 3.77. The first-order valence-corrected chi connectivity index (χ1v) is 8.12. The second-order valence-corrected chi connectivity index (χ2v) is 6.27. The lowest BCUT2D eigenvalue weighted by molar-refractivity contribution is -0.123. The minimum atomic E-state index is -0.103. The standard InChI is InChI=1S/C17H25N3O3/c1-11(2)23-17-13(5-4-7-19-17)10-20-15(21)6-8-18-16(22)14-9-12(14)3/h4-5,7,11-12,14H,6,8-10H2,1-3H3,(H,18,22)(H,20,21)/t12-,14+/m1/s1. The van der Waals surface area contributed by atoms with Crippen molar-refractivity contribution in [1.29, 1.82) is 0 Å². The first-order valence-electron chi connectivity index (χ1n) is 8.12. The summed E-state index contributed by atoms with van der Waals surface area (Å²) in [6.45, 7) is 6.65. The van der Waals surface area contributed by atoms with Gasteiger partial charge in [-0.15, -0.1) is 0 Å². The summed E-state index contributed by atoms with van der Waals surface area (Å²) in [7, 11) is 0. The van der Waals surface area contributed by atoms with Crippen LogP contribution in [0.25, 0.3) is 0 Å². The lowest BCUT2D eigenvalue weighted by atomic mass is 10.2. The first kappa shape index (κ1) is 17.2. The Hall–Kier alpha value is -2.11. The molecule has 1 aliphatic rings. The Balaban J connectivity index is 1.71. The van der Waals surface area contributed by atoms with E-state index in [4.69, 9.17) is 4.74 Å². The number of hydrogen-bond acceptors (Lipinski definition) is 4. The highest BCUT2D eigenvalue weighted by molar-refractivity contribution is 5.82. The molecule has 0 spiro atoms. The second-order valence-electron chi connectivity index (χ2n) is 6.27. The van der Waals surface area contributed by atoms with Gasteiger partial charge in [0, 0.05) is 37.2 Å². The van der Waals surface area contributed by atoms with E-state index < -0.39 is 0 Å². The highest BCUT2D eigenvalue weighted by atomic mass is 16.5. The molecule has 2 N–H and O–H groups in total. The van der Waals surface area contributed by atoms with Gasteiger partial charge in [0.15, 0.2) is 0 Å². The van der Waals surface area contributed by atoms with Crippen LogP contribution in [0.3, 0.4) is 0 Å². The van der Waals surface area contributed by atoms with Gasteiger partial charge in [0.25, 0.3) is 0 Å². The minimum absolute atomic E-state index is 0.0272. The molecule has 2 amide bonds. The zero-order valence-corrected chi connectivity index (χ0v) is 14.0. The maximum atomic E-state index is 11.9. The third-order valence-electron chi connectivity index (χ3n) is 3.77. The molecule has 0 saturated heterocycles. The third kappa shape index (κ3) is 5.54. The SMILES string of the molecule is CC(C)Oc1ncccc1CNC(=O)CCNC(=O)[C@H]1C[C@H]1C. The monoisotopic (exact) mass is 319 g/mol. The summed E-state index contributed by atoms with van der Waals surface area (Å²) in [6, 6.07) is 3.69. The van der Waals surface area contributed by atoms with Gasteiger partial charge in [0.1, 0.15) is 0 Å². The first-order chi connectivity index (χ1) is 11.0. The van der Waals surface area contributed by atoms with Crippen LogP contribution in [0, 0.1) is 11.8 Å². The molecule has 6 heteroatoms. The average Bonchev–Trinajstić information content (AvgIpc) is 3.23. The Morgan fingerprint density at radius 3 is 2.78 bits per heavy atom. The number of carbonyl (C=O) groups excluding carboxylic acids is 2. The Kier molecular flexibility index (Phi) is 5.96. The van der Waals surface area contributed by atoms with Crippen LogP contribution in [0.1, 0.15) is 39.2 Å². The molecule has 2 rings (SSSR count). The number of carbonyl (C=O) groups is 2. The van der Waals surface area contributed by atoms with Crippen molar-refractivity contribution in [2.75, 3.05) is 6.54 Å². The largest absolute Gasteiger partial charge is 0.475 e. The molecule has 0 unspecified atom stereocenters. The van der Waals surface area contributed by atoms with Crippen LogP contribution in [-0.4, -0.2) is 29.4 Å². The molecule has 1 aromatic rings. The van der Waals surface area contributed by atoms with Crippen molar-refractivity contribution in [3.63, 3.8) is 0 Å². The zero-order valence-electron chi connectivity index (χ0n) is 14.0. The van der Waals surface area contributed by atoms with Crippen LogP contribution in [0.2, 0.25) is 0 Å². The van der Waals surface area contributed by atoms with Crippen LogP contribution < -0.4 is 15.4 Å². The van der Waals surface area contributed by atoms with E-state index in [1.165, 1.54) is 0 Å². The number of nitrogens with zero attached hydrogens (tertiary/aromatic N) is 1. The number of ether oxygens (including phenoxy) is 1. The van der Waals surface area contributed by atoms with Gasteiger partial charge in [-0.25, -0.2) is 4.98 Å². The van der Waals surface area contributed by atoms with Crippen LogP contribution >= 0.6 is 0 Å². The highest BCUT2D eigenvalue weighted by Gasteiger charge is 2.38. The van der Waals surface area contributed by atoms with Crippen LogP contribution in [0.5, 0.6) is 5.88 Å². The Morgan fingerprint density at radius 2 is 2.13 bits per heavy atom. The van der Waals surface area contributed by atoms with E-state index in [0.717, 1.165) is 12.0 Å².